The summed E-state index contributed by atoms with van der Waals surface area (Å²) in [6, 6.07) is 5.12. The van der Waals surface area contributed by atoms with Crippen LogP contribution in [-0.2, 0) is 0 Å². The predicted octanol–water partition coefficient (Wildman–Crippen LogP) is 2.07. The number of aryl methyl sites for hydroxylation is 1. The van der Waals surface area contributed by atoms with Crippen LogP contribution in [0.15, 0.2) is 18.2 Å². The molecule has 0 saturated carbocycles. The molecule has 1 fully saturated rings. The quantitative estimate of drug-likeness (QED) is 0.621. The molecule has 0 spiro atoms. The Labute approximate surface area is 100 Å². The number of non-ortho nitro benzene ring substituents is 1. The number of rotatable bonds is 3. The minimum absolute atomic E-state index is 0.0122. The summed E-state index contributed by atoms with van der Waals surface area (Å²) >= 11 is 0. The molecule has 0 amide bonds. The average Bonchev–Trinajstić information content (AvgIpc) is 2.63. The van der Waals surface area contributed by atoms with Gasteiger partial charge < -0.3 is 10.6 Å². The van der Waals surface area contributed by atoms with Crippen LogP contribution in [0.2, 0.25) is 0 Å². The van der Waals surface area contributed by atoms with Crippen molar-refractivity contribution >= 4 is 11.4 Å². The minimum Gasteiger partial charge on any atom is -0.378 e. The third-order valence-corrected chi connectivity index (χ3v) is 3.09. The number of nitrogens with zero attached hydrogens (tertiary/aromatic N) is 1. The van der Waals surface area contributed by atoms with Gasteiger partial charge in [0.25, 0.3) is 5.69 Å². The first-order valence-corrected chi connectivity index (χ1v) is 5.74. The summed E-state index contributed by atoms with van der Waals surface area (Å²) < 4.78 is 0. The van der Waals surface area contributed by atoms with Crippen molar-refractivity contribution in [1.82, 2.24) is 5.32 Å². The van der Waals surface area contributed by atoms with Gasteiger partial charge in [-0.25, -0.2) is 0 Å². The summed E-state index contributed by atoms with van der Waals surface area (Å²) in [6.07, 6.45) is 1.02. The van der Waals surface area contributed by atoms with Gasteiger partial charge >= 0.3 is 0 Å². The highest BCUT2D eigenvalue weighted by atomic mass is 16.6. The number of benzene rings is 1. The summed E-state index contributed by atoms with van der Waals surface area (Å²) in [7, 11) is 0. The molecule has 1 aliphatic rings. The van der Waals surface area contributed by atoms with E-state index in [-0.39, 0.29) is 16.1 Å². The van der Waals surface area contributed by atoms with Crippen LogP contribution in [0.25, 0.3) is 0 Å². The zero-order chi connectivity index (χ0) is 12.5. The van der Waals surface area contributed by atoms with Crippen LogP contribution in [0.5, 0.6) is 0 Å². The first kappa shape index (κ1) is 11.9. The summed E-state index contributed by atoms with van der Waals surface area (Å²) in [5.41, 5.74) is 1.85. The third kappa shape index (κ3) is 2.74. The van der Waals surface area contributed by atoms with Gasteiger partial charge in [-0.15, -0.1) is 0 Å². The zero-order valence-corrected chi connectivity index (χ0v) is 10.1. The van der Waals surface area contributed by atoms with E-state index in [0.717, 1.165) is 30.8 Å². The molecule has 1 saturated heterocycles. The largest absolute Gasteiger partial charge is 0.378 e. The SMILES string of the molecule is Cc1cc(NC2(C)CCNC2)cc([N+](=O)[O-])c1. The third-order valence-electron chi connectivity index (χ3n) is 3.09. The van der Waals surface area contributed by atoms with Crippen molar-refractivity contribution in [2.45, 2.75) is 25.8 Å². The normalized spacial score (nSPS) is 23.6. The smallest absolute Gasteiger partial charge is 0.271 e. The molecule has 1 aromatic carbocycles. The van der Waals surface area contributed by atoms with E-state index in [4.69, 9.17) is 0 Å². The Morgan fingerprint density at radius 2 is 2.24 bits per heavy atom. The van der Waals surface area contributed by atoms with Crippen molar-refractivity contribution < 1.29 is 4.92 Å². The van der Waals surface area contributed by atoms with Crippen LogP contribution in [0, 0.1) is 17.0 Å². The van der Waals surface area contributed by atoms with Gasteiger partial charge in [0, 0.05) is 29.9 Å². The minimum atomic E-state index is -0.354. The molecule has 5 heteroatoms. The molecule has 5 nitrogen and oxygen atoms in total. The highest BCUT2D eigenvalue weighted by molar-refractivity contribution is 5.55. The maximum atomic E-state index is 10.8. The van der Waals surface area contributed by atoms with Gasteiger partial charge in [-0.1, -0.05) is 0 Å². The molecular weight excluding hydrogens is 218 g/mol. The van der Waals surface area contributed by atoms with Crippen molar-refractivity contribution in [2.24, 2.45) is 0 Å². The standard InChI is InChI=1S/C12H17N3O2/c1-9-5-10(7-11(6-9)15(16)17)14-12(2)3-4-13-8-12/h5-7,13-14H,3-4,8H2,1-2H3. The van der Waals surface area contributed by atoms with E-state index in [1.54, 1.807) is 12.1 Å². The molecule has 1 aromatic rings. The lowest BCUT2D eigenvalue weighted by Gasteiger charge is -2.26. The van der Waals surface area contributed by atoms with Crippen LogP contribution in [0.3, 0.4) is 0 Å². The van der Waals surface area contributed by atoms with E-state index in [2.05, 4.69) is 17.6 Å². The Morgan fingerprint density at radius 1 is 1.47 bits per heavy atom. The first-order valence-electron chi connectivity index (χ1n) is 5.74. The van der Waals surface area contributed by atoms with Crippen LogP contribution >= 0.6 is 0 Å². The first-order chi connectivity index (χ1) is 7.98. The molecule has 1 unspecified atom stereocenters. The second kappa shape index (κ2) is 4.33. The number of hydrogen-bond donors (Lipinski definition) is 2. The maximum Gasteiger partial charge on any atom is 0.271 e. The number of anilines is 1. The highest BCUT2D eigenvalue weighted by Crippen LogP contribution is 2.25. The number of hydrogen-bond acceptors (Lipinski definition) is 4. The van der Waals surface area contributed by atoms with E-state index in [1.807, 2.05) is 13.0 Å². The second-order valence-electron chi connectivity index (χ2n) is 4.93. The van der Waals surface area contributed by atoms with E-state index < -0.39 is 0 Å². The van der Waals surface area contributed by atoms with Crippen molar-refractivity contribution in [3.8, 4) is 0 Å². The fourth-order valence-corrected chi connectivity index (χ4v) is 2.21. The van der Waals surface area contributed by atoms with Gasteiger partial charge in [0.15, 0.2) is 0 Å². The molecule has 92 valence electrons. The molecule has 0 aliphatic carbocycles. The topological polar surface area (TPSA) is 67.2 Å². The molecule has 17 heavy (non-hydrogen) atoms. The molecule has 1 atom stereocenters. The van der Waals surface area contributed by atoms with Gasteiger partial charge in [-0.3, -0.25) is 10.1 Å². The van der Waals surface area contributed by atoms with Gasteiger partial charge in [-0.2, -0.15) is 0 Å². The number of nitro benzene ring substituents is 1. The van der Waals surface area contributed by atoms with E-state index in [0.29, 0.717) is 0 Å². The molecule has 1 aliphatic heterocycles. The van der Waals surface area contributed by atoms with Crippen LogP contribution in [-0.4, -0.2) is 23.6 Å². The molecule has 0 aromatic heterocycles. The molecular formula is C12H17N3O2. The summed E-state index contributed by atoms with van der Waals surface area (Å²) in [4.78, 5) is 10.4. The van der Waals surface area contributed by atoms with Crippen molar-refractivity contribution in [2.75, 3.05) is 18.4 Å². The number of nitrogens with one attached hydrogen (secondary N) is 2. The Kier molecular flexibility index (Phi) is 3.02. The zero-order valence-electron chi connectivity index (χ0n) is 10.1. The van der Waals surface area contributed by atoms with Crippen molar-refractivity contribution in [3.63, 3.8) is 0 Å². The lowest BCUT2D eigenvalue weighted by Crippen LogP contribution is -2.36. The second-order valence-corrected chi connectivity index (χ2v) is 4.93. The fourth-order valence-electron chi connectivity index (χ4n) is 2.21. The van der Waals surface area contributed by atoms with Crippen LogP contribution < -0.4 is 10.6 Å². The van der Waals surface area contributed by atoms with E-state index in [9.17, 15) is 10.1 Å². The summed E-state index contributed by atoms with van der Waals surface area (Å²) in [6.45, 7) is 5.86. The Hall–Kier alpha value is -1.62. The molecule has 0 radical (unpaired) electrons. The van der Waals surface area contributed by atoms with Crippen LogP contribution in [0.4, 0.5) is 11.4 Å². The Bertz CT molecular complexity index is 439. The molecule has 2 N–H and O–H groups in total. The summed E-state index contributed by atoms with van der Waals surface area (Å²) in [5.74, 6) is 0. The van der Waals surface area contributed by atoms with Crippen molar-refractivity contribution in [3.05, 3.63) is 33.9 Å². The maximum absolute atomic E-state index is 10.8. The molecule has 0 bridgehead atoms. The van der Waals surface area contributed by atoms with Crippen molar-refractivity contribution in [1.29, 1.82) is 0 Å². The van der Waals surface area contributed by atoms with Gasteiger partial charge in [0.05, 0.1) is 4.92 Å². The van der Waals surface area contributed by atoms with Crippen LogP contribution in [0.1, 0.15) is 18.9 Å². The monoisotopic (exact) mass is 235 g/mol. The average molecular weight is 235 g/mol. The Morgan fingerprint density at radius 3 is 2.82 bits per heavy atom. The lowest BCUT2D eigenvalue weighted by atomic mass is 10.0. The van der Waals surface area contributed by atoms with Gasteiger partial charge in [0.2, 0.25) is 0 Å². The highest BCUT2D eigenvalue weighted by Gasteiger charge is 2.28. The van der Waals surface area contributed by atoms with E-state index >= 15 is 0 Å². The van der Waals surface area contributed by atoms with Gasteiger partial charge in [0.1, 0.15) is 0 Å². The Balaban J connectivity index is 2.23. The van der Waals surface area contributed by atoms with E-state index in [1.165, 1.54) is 0 Å². The number of nitro groups is 1. The predicted molar refractivity (Wildman–Crippen MR) is 67.3 cm³/mol. The molecule has 2 rings (SSSR count). The fraction of sp³-hybridized carbons (Fsp3) is 0.500. The molecule has 1 heterocycles. The van der Waals surface area contributed by atoms with Gasteiger partial charge in [-0.05, 0) is 38.4 Å². The lowest BCUT2D eigenvalue weighted by molar-refractivity contribution is -0.384. The summed E-state index contributed by atoms with van der Waals surface area (Å²) in [5, 5.41) is 17.5.